The van der Waals surface area contributed by atoms with Gasteiger partial charge in [0.25, 0.3) is 0 Å². The van der Waals surface area contributed by atoms with Crippen molar-refractivity contribution < 1.29 is 9.90 Å². The lowest BCUT2D eigenvalue weighted by molar-refractivity contribution is 0.0697. The molecule has 16 heavy (non-hydrogen) atoms. The second-order valence-corrected chi connectivity index (χ2v) is 3.84. The molecule has 5 nitrogen and oxygen atoms in total. The lowest BCUT2D eigenvalue weighted by Crippen LogP contribution is -2.21. The van der Waals surface area contributed by atoms with Crippen molar-refractivity contribution in [2.75, 3.05) is 38.2 Å². The van der Waals surface area contributed by atoms with Crippen LogP contribution in [0, 0.1) is 0 Å². The van der Waals surface area contributed by atoms with Crippen molar-refractivity contribution in [3.05, 3.63) is 23.8 Å². The van der Waals surface area contributed by atoms with Crippen LogP contribution in [0.5, 0.6) is 0 Å². The number of nitrogens with two attached hydrogens (primary N) is 1. The molecule has 1 aromatic carbocycles. The Morgan fingerprint density at radius 1 is 1.50 bits per heavy atom. The lowest BCUT2D eigenvalue weighted by Gasteiger charge is -2.13. The number of benzene rings is 1. The monoisotopic (exact) mass is 223 g/mol. The highest BCUT2D eigenvalue weighted by molar-refractivity contribution is 5.90. The van der Waals surface area contributed by atoms with Crippen molar-refractivity contribution >= 4 is 17.3 Å². The Hall–Kier alpha value is -1.75. The number of nitrogen functional groups attached to an aromatic ring is 1. The maximum absolute atomic E-state index is 10.7. The van der Waals surface area contributed by atoms with Gasteiger partial charge in [-0.25, -0.2) is 4.79 Å². The van der Waals surface area contributed by atoms with Gasteiger partial charge in [-0.15, -0.1) is 0 Å². The minimum atomic E-state index is -0.966. The number of aromatic carboxylic acids is 1. The number of hydrogen-bond donors (Lipinski definition) is 3. The normalized spacial score (nSPS) is 10.4. The van der Waals surface area contributed by atoms with E-state index in [4.69, 9.17) is 10.8 Å². The lowest BCUT2D eigenvalue weighted by atomic mass is 10.2. The van der Waals surface area contributed by atoms with Crippen LogP contribution in [0.25, 0.3) is 0 Å². The van der Waals surface area contributed by atoms with Gasteiger partial charge in [-0.1, -0.05) is 0 Å². The Balaban J connectivity index is 2.64. The van der Waals surface area contributed by atoms with Gasteiger partial charge < -0.3 is 21.1 Å². The number of carboxylic acids is 1. The van der Waals surface area contributed by atoms with Crippen molar-refractivity contribution in [3.8, 4) is 0 Å². The molecule has 0 fully saturated rings. The van der Waals surface area contributed by atoms with Crippen molar-refractivity contribution in [2.45, 2.75) is 0 Å². The molecule has 5 heteroatoms. The zero-order valence-electron chi connectivity index (χ0n) is 9.53. The summed E-state index contributed by atoms with van der Waals surface area (Å²) in [4.78, 5) is 12.7. The molecule has 0 atom stereocenters. The van der Waals surface area contributed by atoms with E-state index in [1.807, 2.05) is 14.1 Å². The van der Waals surface area contributed by atoms with E-state index in [1.165, 1.54) is 12.1 Å². The number of carboxylic acid groups (broad SMARTS) is 1. The summed E-state index contributed by atoms with van der Waals surface area (Å²) in [7, 11) is 3.97. The van der Waals surface area contributed by atoms with Crippen LogP contribution < -0.4 is 11.1 Å². The predicted octanol–water partition coefficient (Wildman–Crippen LogP) is 0.940. The van der Waals surface area contributed by atoms with Crippen LogP contribution in [0.15, 0.2) is 18.2 Å². The molecule has 4 N–H and O–H groups in total. The largest absolute Gasteiger partial charge is 0.478 e. The minimum Gasteiger partial charge on any atom is -0.478 e. The summed E-state index contributed by atoms with van der Waals surface area (Å²) >= 11 is 0. The summed E-state index contributed by atoms with van der Waals surface area (Å²) in [6.07, 6.45) is 0. The molecule has 0 aromatic heterocycles. The van der Waals surface area contributed by atoms with Gasteiger partial charge in [0.1, 0.15) is 0 Å². The van der Waals surface area contributed by atoms with Crippen LogP contribution in [0.2, 0.25) is 0 Å². The summed E-state index contributed by atoms with van der Waals surface area (Å²) in [6.45, 7) is 1.66. The molecule has 0 saturated heterocycles. The highest BCUT2D eigenvalue weighted by Crippen LogP contribution is 2.19. The Morgan fingerprint density at radius 2 is 2.19 bits per heavy atom. The first-order valence-electron chi connectivity index (χ1n) is 5.02. The SMILES string of the molecule is CN(C)CCNc1ccc(C(=O)O)cc1N. The van der Waals surface area contributed by atoms with E-state index in [0.29, 0.717) is 5.69 Å². The highest BCUT2D eigenvalue weighted by Gasteiger charge is 2.05. The molecule has 0 heterocycles. The number of rotatable bonds is 5. The topological polar surface area (TPSA) is 78.6 Å². The van der Waals surface area contributed by atoms with Crippen LogP contribution in [-0.2, 0) is 0 Å². The number of anilines is 2. The second-order valence-electron chi connectivity index (χ2n) is 3.84. The molecule has 1 aromatic rings. The maximum Gasteiger partial charge on any atom is 0.335 e. The second kappa shape index (κ2) is 5.37. The first-order valence-corrected chi connectivity index (χ1v) is 5.02. The van der Waals surface area contributed by atoms with Gasteiger partial charge in [0.15, 0.2) is 0 Å². The molecule has 0 bridgehead atoms. The molecule has 0 aliphatic carbocycles. The molecule has 0 spiro atoms. The predicted molar refractivity (Wildman–Crippen MR) is 64.9 cm³/mol. The van der Waals surface area contributed by atoms with Gasteiger partial charge in [0, 0.05) is 13.1 Å². The summed E-state index contributed by atoms with van der Waals surface area (Å²) in [6, 6.07) is 4.69. The van der Waals surface area contributed by atoms with Crippen LogP contribution >= 0.6 is 0 Å². The molecule has 0 saturated carbocycles. The zero-order valence-corrected chi connectivity index (χ0v) is 9.53. The summed E-state index contributed by atoms with van der Waals surface area (Å²) < 4.78 is 0. The van der Waals surface area contributed by atoms with E-state index in [0.717, 1.165) is 18.8 Å². The van der Waals surface area contributed by atoms with E-state index < -0.39 is 5.97 Å². The maximum atomic E-state index is 10.7. The highest BCUT2D eigenvalue weighted by atomic mass is 16.4. The fourth-order valence-corrected chi connectivity index (χ4v) is 1.27. The van der Waals surface area contributed by atoms with E-state index >= 15 is 0 Å². The molecule has 0 aliphatic rings. The first kappa shape index (κ1) is 12.3. The fourth-order valence-electron chi connectivity index (χ4n) is 1.27. The molecular weight excluding hydrogens is 206 g/mol. The van der Waals surface area contributed by atoms with Crippen LogP contribution in [0.3, 0.4) is 0 Å². The Morgan fingerprint density at radius 3 is 2.69 bits per heavy atom. The van der Waals surface area contributed by atoms with E-state index in [9.17, 15) is 4.79 Å². The number of nitrogens with one attached hydrogen (secondary N) is 1. The number of nitrogens with zero attached hydrogens (tertiary/aromatic N) is 1. The van der Waals surface area contributed by atoms with Gasteiger partial charge in [0.05, 0.1) is 16.9 Å². The average Bonchev–Trinajstić information content (AvgIpc) is 2.19. The smallest absolute Gasteiger partial charge is 0.335 e. The van der Waals surface area contributed by atoms with E-state index in [2.05, 4.69) is 10.2 Å². The molecule has 0 unspecified atom stereocenters. The molecule has 88 valence electrons. The molecule has 0 aliphatic heterocycles. The van der Waals surface area contributed by atoms with Gasteiger partial charge in [-0.2, -0.15) is 0 Å². The van der Waals surface area contributed by atoms with Gasteiger partial charge >= 0.3 is 5.97 Å². The van der Waals surface area contributed by atoms with Gasteiger partial charge in [0.2, 0.25) is 0 Å². The number of carbonyl (C=O) groups is 1. The standard InChI is InChI=1S/C11H17N3O2/c1-14(2)6-5-13-10-4-3-8(11(15)16)7-9(10)12/h3-4,7,13H,5-6,12H2,1-2H3,(H,15,16). The Bertz CT molecular complexity index is 377. The van der Waals surface area contributed by atoms with Crippen molar-refractivity contribution in [3.63, 3.8) is 0 Å². The van der Waals surface area contributed by atoms with Gasteiger partial charge in [-0.05, 0) is 32.3 Å². The minimum absolute atomic E-state index is 0.204. The number of likely N-dealkylation sites (N-methyl/N-ethyl adjacent to an activating group) is 1. The zero-order chi connectivity index (χ0) is 12.1. The molecule has 1 rings (SSSR count). The molecule has 0 amide bonds. The molecule has 0 radical (unpaired) electrons. The van der Waals surface area contributed by atoms with Gasteiger partial charge in [-0.3, -0.25) is 0 Å². The third kappa shape index (κ3) is 3.43. The summed E-state index contributed by atoms with van der Waals surface area (Å²) in [5.74, 6) is -0.966. The van der Waals surface area contributed by atoms with Crippen LogP contribution in [0.4, 0.5) is 11.4 Å². The summed E-state index contributed by atoms with van der Waals surface area (Å²) in [5, 5.41) is 11.9. The Labute approximate surface area is 94.9 Å². The van der Waals surface area contributed by atoms with Crippen LogP contribution in [0.1, 0.15) is 10.4 Å². The van der Waals surface area contributed by atoms with Crippen molar-refractivity contribution in [1.29, 1.82) is 0 Å². The molecular formula is C11H17N3O2. The third-order valence-electron chi connectivity index (χ3n) is 2.17. The fraction of sp³-hybridized carbons (Fsp3) is 0.364. The Kier molecular flexibility index (Phi) is 4.13. The third-order valence-corrected chi connectivity index (χ3v) is 2.17. The average molecular weight is 223 g/mol. The van der Waals surface area contributed by atoms with Crippen molar-refractivity contribution in [1.82, 2.24) is 4.90 Å². The first-order chi connectivity index (χ1) is 7.50. The number of hydrogen-bond acceptors (Lipinski definition) is 4. The van der Waals surface area contributed by atoms with E-state index in [1.54, 1.807) is 6.07 Å². The van der Waals surface area contributed by atoms with Crippen molar-refractivity contribution in [2.24, 2.45) is 0 Å². The quantitative estimate of drug-likeness (QED) is 0.647. The summed E-state index contributed by atoms with van der Waals surface area (Å²) in [5.41, 5.74) is 7.17. The van der Waals surface area contributed by atoms with E-state index in [-0.39, 0.29) is 5.56 Å². The van der Waals surface area contributed by atoms with Crippen LogP contribution in [-0.4, -0.2) is 43.2 Å².